The molecule has 18 heavy (non-hydrogen) atoms. The molecule has 0 unspecified atom stereocenters. The third-order valence-corrected chi connectivity index (χ3v) is 2.91. The van der Waals surface area contributed by atoms with Gasteiger partial charge in [-0.1, -0.05) is 13.3 Å². The molecule has 0 saturated heterocycles. The molecule has 2 rings (SSSR count). The summed E-state index contributed by atoms with van der Waals surface area (Å²) in [7, 11) is 3.79. The molecule has 0 radical (unpaired) electrons. The average Bonchev–Trinajstić information content (AvgIpc) is 2.74. The van der Waals surface area contributed by atoms with Gasteiger partial charge >= 0.3 is 0 Å². The number of nitrogen functional groups attached to an aromatic ring is 1. The van der Waals surface area contributed by atoms with Crippen molar-refractivity contribution in [1.82, 2.24) is 19.6 Å². The van der Waals surface area contributed by atoms with E-state index in [2.05, 4.69) is 22.4 Å². The van der Waals surface area contributed by atoms with E-state index in [1.165, 1.54) is 0 Å². The molecular formula is C12H20N6. The molecule has 0 saturated carbocycles. The summed E-state index contributed by atoms with van der Waals surface area (Å²) in [5.74, 6) is 0.828. The van der Waals surface area contributed by atoms with E-state index in [1.807, 2.05) is 27.2 Å². The Bertz CT molecular complexity index is 551. The summed E-state index contributed by atoms with van der Waals surface area (Å²) < 4.78 is 3.56. The Labute approximate surface area is 107 Å². The summed E-state index contributed by atoms with van der Waals surface area (Å²) in [5, 5.41) is 12.0. The van der Waals surface area contributed by atoms with Crippen LogP contribution in [0.25, 0.3) is 0 Å². The summed E-state index contributed by atoms with van der Waals surface area (Å²) in [5.41, 5.74) is 9.69. The predicted octanol–water partition coefficient (Wildman–Crippen LogP) is 1.74. The fourth-order valence-corrected chi connectivity index (χ4v) is 2.02. The van der Waals surface area contributed by atoms with Crippen LogP contribution in [-0.4, -0.2) is 19.6 Å². The lowest BCUT2D eigenvalue weighted by Gasteiger charge is -2.05. The van der Waals surface area contributed by atoms with Gasteiger partial charge in [-0.2, -0.15) is 10.2 Å². The lowest BCUT2D eigenvalue weighted by molar-refractivity contribution is 0.739. The Kier molecular flexibility index (Phi) is 3.27. The number of rotatable bonds is 4. The summed E-state index contributed by atoms with van der Waals surface area (Å²) in [6, 6.07) is 0. The van der Waals surface area contributed by atoms with Gasteiger partial charge in [0.2, 0.25) is 0 Å². The smallest absolute Gasteiger partial charge is 0.152 e. The second-order valence-electron chi connectivity index (χ2n) is 4.51. The number of hydrogen-bond donors (Lipinski definition) is 2. The van der Waals surface area contributed by atoms with E-state index in [4.69, 9.17) is 5.73 Å². The van der Waals surface area contributed by atoms with E-state index in [0.29, 0.717) is 0 Å². The van der Waals surface area contributed by atoms with Crippen molar-refractivity contribution >= 4 is 17.2 Å². The molecule has 0 aliphatic carbocycles. The Morgan fingerprint density at radius 3 is 2.61 bits per heavy atom. The molecule has 0 fully saturated rings. The lowest BCUT2D eigenvalue weighted by Crippen LogP contribution is -2.01. The number of anilines is 3. The van der Waals surface area contributed by atoms with Crippen molar-refractivity contribution in [2.75, 3.05) is 11.1 Å². The van der Waals surface area contributed by atoms with E-state index in [-0.39, 0.29) is 0 Å². The van der Waals surface area contributed by atoms with Crippen molar-refractivity contribution in [3.8, 4) is 0 Å². The molecule has 0 atom stereocenters. The normalized spacial score (nSPS) is 10.9. The highest BCUT2D eigenvalue weighted by molar-refractivity contribution is 5.71. The Balaban J connectivity index is 2.31. The third kappa shape index (κ3) is 2.18. The molecule has 3 N–H and O–H groups in total. The van der Waals surface area contributed by atoms with Gasteiger partial charge < -0.3 is 11.1 Å². The van der Waals surface area contributed by atoms with Gasteiger partial charge in [-0.25, -0.2) is 0 Å². The molecule has 98 valence electrons. The first-order chi connectivity index (χ1) is 8.52. The first kappa shape index (κ1) is 12.5. The van der Waals surface area contributed by atoms with Crippen LogP contribution in [0, 0.1) is 6.92 Å². The minimum Gasteiger partial charge on any atom is -0.394 e. The summed E-state index contributed by atoms with van der Waals surface area (Å²) >= 11 is 0. The van der Waals surface area contributed by atoms with Gasteiger partial charge in [0.1, 0.15) is 0 Å². The summed E-state index contributed by atoms with van der Waals surface area (Å²) in [6.07, 6.45) is 3.86. The lowest BCUT2D eigenvalue weighted by atomic mass is 10.2. The number of aromatic nitrogens is 4. The topological polar surface area (TPSA) is 73.7 Å². The first-order valence-electron chi connectivity index (χ1n) is 6.11. The summed E-state index contributed by atoms with van der Waals surface area (Å²) in [4.78, 5) is 0. The molecule has 2 aromatic heterocycles. The van der Waals surface area contributed by atoms with Crippen LogP contribution < -0.4 is 11.1 Å². The molecule has 2 heterocycles. The highest BCUT2D eigenvalue weighted by atomic mass is 15.3. The van der Waals surface area contributed by atoms with Crippen LogP contribution in [0.2, 0.25) is 0 Å². The van der Waals surface area contributed by atoms with Gasteiger partial charge in [0, 0.05) is 20.3 Å². The number of hydrogen-bond acceptors (Lipinski definition) is 4. The second kappa shape index (κ2) is 4.72. The van der Waals surface area contributed by atoms with Crippen LogP contribution >= 0.6 is 0 Å². The predicted molar refractivity (Wildman–Crippen MR) is 72.8 cm³/mol. The molecule has 0 aliphatic rings. The number of aryl methyl sites for hydroxylation is 4. The minimum absolute atomic E-state index is 0.725. The van der Waals surface area contributed by atoms with Crippen LogP contribution in [0.15, 0.2) is 6.20 Å². The average molecular weight is 248 g/mol. The van der Waals surface area contributed by atoms with Gasteiger partial charge in [0.15, 0.2) is 5.82 Å². The molecule has 0 spiro atoms. The van der Waals surface area contributed by atoms with Gasteiger partial charge in [-0.15, -0.1) is 0 Å². The number of nitrogens with one attached hydrogen (secondary N) is 1. The van der Waals surface area contributed by atoms with Crippen molar-refractivity contribution in [1.29, 1.82) is 0 Å². The monoisotopic (exact) mass is 248 g/mol. The zero-order valence-corrected chi connectivity index (χ0v) is 11.4. The van der Waals surface area contributed by atoms with E-state index in [0.717, 1.165) is 41.4 Å². The van der Waals surface area contributed by atoms with Crippen LogP contribution in [0.3, 0.4) is 0 Å². The third-order valence-electron chi connectivity index (χ3n) is 2.91. The van der Waals surface area contributed by atoms with Crippen molar-refractivity contribution in [2.45, 2.75) is 26.7 Å². The Hall–Kier alpha value is -1.98. The fraction of sp³-hybridized carbons (Fsp3) is 0.500. The molecule has 0 aliphatic heterocycles. The SMILES string of the molecule is CCCc1nn(C)c(Nc2cn(C)nc2C)c1N. The number of nitrogens with zero attached hydrogens (tertiary/aromatic N) is 4. The van der Waals surface area contributed by atoms with Crippen molar-refractivity contribution < 1.29 is 0 Å². The Morgan fingerprint density at radius 1 is 1.33 bits per heavy atom. The maximum atomic E-state index is 6.12. The highest BCUT2D eigenvalue weighted by Gasteiger charge is 2.14. The quantitative estimate of drug-likeness (QED) is 0.864. The van der Waals surface area contributed by atoms with E-state index in [9.17, 15) is 0 Å². The maximum Gasteiger partial charge on any atom is 0.152 e. The standard InChI is InChI=1S/C12H20N6/c1-5-6-9-11(13)12(18(4)16-9)14-10-7-17(3)15-8(10)2/h7,14H,5-6,13H2,1-4H3. The van der Waals surface area contributed by atoms with Crippen LogP contribution in [0.4, 0.5) is 17.2 Å². The van der Waals surface area contributed by atoms with E-state index in [1.54, 1.807) is 9.36 Å². The van der Waals surface area contributed by atoms with E-state index >= 15 is 0 Å². The van der Waals surface area contributed by atoms with Gasteiger partial charge in [-0.05, 0) is 13.3 Å². The molecular weight excluding hydrogens is 228 g/mol. The number of nitrogens with two attached hydrogens (primary N) is 1. The Morgan fingerprint density at radius 2 is 2.06 bits per heavy atom. The van der Waals surface area contributed by atoms with Crippen molar-refractivity contribution in [3.05, 3.63) is 17.6 Å². The molecule has 0 bridgehead atoms. The first-order valence-corrected chi connectivity index (χ1v) is 6.11. The molecule has 6 heteroatoms. The van der Waals surface area contributed by atoms with Gasteiger partial charge in [0.25, 0.3) is 0 Å². The minimum atomic E-state index is 0.725. The fourth-order valence-electron chi connectivity index (χ4n) is 2.02. The zero-order valence-electron chi connectivity index (χ0n) is 11.4. The van der Waals surface area contributed by atoms with Crippen molar-refractivity contribution in [3.63, 3.8) is 0 Å². The van der Waals surface area contributed by atoms with Crippen LogP contribution in [0.5, 0.6) is 0 Å². The van der Waals surface area contributed by atoms with Crippen molar-refractivity contribution in [2.24, 2.45) is 14.1 Å². The van der Waals surface area contributed by atoms with Crippen LogP contribution in [-0.2, 0) is 20.5 Å². The molecule has 0 aromatic carbocycles. The molecule has 2 aromatic rings. The molecule has 6 nitrogen and oxygen atoms in total. The second-order valence-corrected chi connectivity index (χ2v) is 4.51. The van der Waals surface area contributed by atoms with E-state index < -0.39 is 0 Å². The summed E-state index contributed by atoms with van der Waals surface area (Å²) in [6.45, 7) is 4.08. The zero-order chi connectivity index (χ0) is 13.3. The van der Waals surface area contributed by atoms with Gasteiger partial charge in [-0.3, -0.25) is 9.36 Å². The molecule has 0 amide bonds. The maximum absolute atomic E-state index is 6.12. The highest BCUT2D eigenvalue weighted by Crippen LogP contribution is 2.27. The van der Waals surface area contributed by atoms with Crippen LogP contribution in [0.1, 0.15) is 24.7 Å². The largest absolute Gasteiger partial charge is 0.394 e. The van der Waals surface area contributed by atoms with Gasteiger partial charge in [0.05, 0.1) is 22.8 Å².